The number of ether oxygens (including phenoxy) is 1. The van der Waals surface area contributed by atoms with E-state index in [1.165, 1.54) is 19.3 Å². The predicted molar refractivity (Wildman–Crippen MR) is 193 cm³/mol. The van der Waals surface area contributed by atoms with Crippen molar-refractivity contribution in [3.8, 4) is 17.2 Å². The van der Waals surface area contributed by atoms with Crippen LogP contribution in [0.1, 0.15) is 92.3 Å². The zero-order valence-corrected chi connectivity index (χ0v) is 30.1. The molecular weight excluding hydrogens is 663 g/mol. The van der Waals surface area contributed by atoms with Crippen LogP contribution < -0.4 is 13.1 Å². The lowest BCUT2D eigenvalue weighted by Crippen LogP contribution is -2.33. The van der Waals surface area contributed by atoms with E-state index in [9.17, 15) is 21.6 Å². The second-order valence-corrected chi connectivity index (χ2v) is 16.1. The summed E-state index contributed by atoms with van der Waals surface area (Å²) in [4.78, 5) is 16.8. The summed E-state index contributed by atoms with van der Waals surface area (Å²) >= 11 is 0. The molecular formula is C38H47NO8S2. The molecule has 3 aromatic rings. The highest BCUT2D eigenvalue weighted by Gasteiger charge is 2.28. The van der Waals surface area contributed by atoms with Crippen molar-refractivity contribution in [3.05, 3.63) is 89.0 Å². The number of piperidine rings is 1. The van der Waals surface area contributed by atoms with E-state index in [4.69, 9.17) is 13.1 Å². The molecule has 2 aliphatic rings. The van der Waals surface area contributed by atoms with Gasteiger partial charge in [-0.05, 0) is 122 Å². The third-order valence-electron chi connectivity index (χ3n) is 8.89. The second kappa shape index (κ2) is 16.8. The molecule has 1 heterocycles. The molecule has 0 spiro atoms. The molecule has 5 rings (SSSR count). The Bertz CT molecular complexity index is 1840. The van der Waals surface area contributed by atoms with Gasteiger partial charge < -0.3 is 13.1 Å². The molecule has 0 radical (unpaired) electrons. The number of nitrogens with zero attached hydrogens (tertiary/aromatic N) is 1. The molecule has 1 saturated heterocycles. The maximum atomic E-state index is 14.4. The van der Waals surface area contributed by atoms with Crippen molar-refractivity contribution in [2.75, 3.05) is 37.7 Å². The minimum atomic E-state index is -3.77. The van der Waals surface area contributed by atoms with Crippen molar-refractivity contribution < 1.29 is 34.7 Å². The molecule has 1 aliphatic carbocycles. The van der Waals surface area contributed by atoms with E-state index in [0.29, 0.717) is 60.3 Å². The summed E-state index contributed by atoms with van der Waals surface area (Å²) in [7, 11) is -7.52. The number of fused-ring (bicyclic) bond motifs is 1. The van der Waals surface area contributed by atoms with Crippen molar-refractivity contribution in [1.29, 1.82) is 0 Å². The number of rotatable bonds is 17. The normalized spacial score (nSPS) is 15.5. The van der Waals surface area contributed by atoms with Gasteiger partial charge >= 0.3 is 20.2 Å². The van der Waals surface area contributed by atoms with Crippen LogP contribution >= 0.6 is 0 Å². The summed E-state index contributed by atoms with van der Waals surface area (Å²) in [5, 5.41) is 0. The summed E-state index contributed by atoms with van der Waals surface area (Å²) in [6.07, 6.45) is 7.17. The molecule has 3 aromatic carbocycles. The fourth-order valence-corrected chi connectivity index (χ4v) is 8.49. The van der Waals surface area contributed by atoms with Gasteiger partial charge in [-0.1, -0.05) is 51.3 Å². The Morgan fingerprint density at radius 1 is 0.735 bits per heavy atom. The number of carbonyl (C=O) groups is 1. The first-order valence-electron chi connectivity index (χ1n) is 17.4. The van der Waals surface area contributed by atoms with Crippen molar-refractivity contribution in [2.24, 2.45) is 0 Å². The van der Waals surface area contributed by atoms with Crippen LogP contribution in [0.3, 0.4) is 0 Å². The van der Waals surface area contributed by atoms with E-state index in [2.05, 4.69) is 4.90 Å². The molecule has 1 aliphatic heterocycles. The highest BCUT2D eigenvalue weighted by Crippen LogP contribution is 2.41. The molecule has 9 nitrogen and oxygen atoms in total. The second-order valence-electron chi connectivity index (χ2n) is 12.7. The largest absolute Gasteiger partial charge is 0.492 e. The third-order valence-corrected chi connectivity index (χ3v) is 11.4. The minimum Gasteiger partial charge on any atom is -0.492 e. The summed E-state index contributed by atoms with van der Waals surface area (Å²) in [6, 6.07) is 19.0. The van der Waals surface area contributed by atoms with Crippen LogP contribution in [0.2, 0.25) is 0 Å². The molecule has 0 N–H and O–H groups in total. The summed E-state index contributed by atoms with van der Waals surface area (Å²) in [5.41, 5.74) is 3.83. The Hall–Kier alpha value is -3.67. The van der Waals surface area contributed by atoms with Gasteiger partial charge in [-0.2, -0.15) is 16.8 Å². The van der Waals surface area contributed by atoms with Gasteiger partial charge in [0.1, 0.15) is 23.9 Å². The zero-order valence-electron chi connectivity index (χ0n) is 28.5. The summed E-state index contributed by atoms with van der Waals surface area (Å²) in [5.74, 6) is 0.728. The highest BCUT2D eigenvalue weighted by atomic mass is 32.2. The van der Waals surface area contributed by atoms with E-state index in [-0.39, 0.29) is 28.8 Å². The maximum absolute atomic E-state index is 14.4. The fourth-order valence-electron chi connectivity index (χ4n) is 6.24. The van der Waals surface area contributed by atoms with Crippen molar-refractivity contribution >= 4 is 37.2 Å². The quantitative estimate of drug-likeness (QED) is 0.105. The smallest absolute Gasteiger partial charge is 0.309 e. The average Bonchev–Trinajstić information content (AvgIpc) is 3.09. The van der Waals surface area contributed by atoms with E-state index >= 15 is 0 Å². The number of hydrogen-bond donors (Lipinski definition) is 0. The van der Waals surface area contributed by atoms with Crippen LogP contribution in [0.5, 0.6) is 17.2 Å². The number of hydrogen-bond acceptors (Lipinski definition) is 9. The number of likely N-dealkylation sites (tertiary alicyclic amines) is 1. The van der Waals surface area contributed by atoms with Gasteiger partial charge in [-0.3, -0.25) is 9.69 Å². The summed E-state index contributed by atoms with van der Waals surface area (Å²) in [6.45, 7) is 7.47. The van der Waals surface area contributed by atoms with Gasteiger partial charge in [-0.15, -0.1) is 0 Å². The first kappa shape index (κ1) is 36.6. The van der Waals surface area contributed by atoms with E-state index in [0.717, 1.165) is 43.6 Å². The molecule has 0 saturated carbocycles. The Morgan fingerprint density at radius 2 is 1.37 bits per heavy atom. The molecule has 0 unspecified atom stereocenters. The van der Waals surface area contributed by atoms with Gasteiger partial charge in [0.15, 0.2) is 5.78 Å². The van der Waals surface area contributed by atoms with Crippen LogP contribution in [-0.2, 0) is 26.7 Å². The lowest BCUT2D eigenvalue weighted by molar-refractivity contribution is 0.105. The van der Waals surface area contributed by atoms with Gasteiger partial charge in [0.25, 0.3) is 0 Å². The first-order chi connectivity index (χ1) is 23.6. The Kier molecular flexibility index (Phi) is 12.6. The minimum absolute atomic E-state index is 0.0705. The number of aryl methyl sites for hydroxylation is 1. The van der Waals surface area contributed by atoms with Crippen molar-refractivity contribution in [2.45, 2.75) is 71.6 Å². The monoisotopic (exact) mass is 709 g/mol. The standard InChI is InChI=1S/C38H47NO8S2/c1-3-5-25-48(41,42)46-33-12-10-11-30(27-33)35-19-15-31-28-34(47-49(43,44)26-6-4-2)18-20-36(31)37(35)38(40)29-13-16-32(17-14-29)45-24-23-39-21-8-7-9-22-39/h10-14,16-18,20,27-28H,3-9,15,19,21-26H2,1-2H3. The van der Waals surface area contributed by atoms with Crippen LogP contribution in [0.15, 0.2) is 66.7 Å². The molecule has 0 bridgehead atoms. The van der Waals surface area contributed by atoms with Crippen molar-refractivity contribution in [3.63, 3.8) is 0 Å². The maximum Gasteiger partial charge on any atom is 0.309 e. The Morgan fingerprint density at radius 3 is 2.02 bits per heavy atom. The molecule has 11 heteroatoms. The van der Waals surface area contributed by atoms with Crippen LogP contribution in [0.25, 0.3) is 11.1 Å². The predicted octanol–water partition coefficient (Wildman–Crippen LogP) is 7.31. The topological polar surface area (TPSA) is 116 Å². The number of ketones is 1. The highest BCUT2D eigenvalue weighted by molar-refractivity contribution is 7.87. The molecule has 0 aromatic heterocycles. The molecule has 49 heavy (non-hydrogen) atoms. The Labute approximate surface area is 291 Å². The van der Waals surface area contributed by atoms with E-state index in [1.54, 1.807) is 60.7 Å². The lowest BCUT2D eigenvalue weighted by atomic mass is 9.79. The van der Waals surface area contributed by atoms with Gasteiger partial charge in [-0.25, -0.2) is 0 Å². The molecule has 0 atom stereocenters. The zero-order chi connectivity index (χ0) is 34.9. The van der Waals surface area contributed by atoms with Crippen LogP contribution in [-0.4, -0.2) is 65.3 Å². The lowest BCUT2D eigenvalue weighted by Gasteiger charge is -2.26. The van der Waals surface area contributed by atoms with Gasteiger partial charge in [0.2, 0.25) is 0 Å². The molecule has 0 amide bonds. The molecule has 264 valence electrons. The molecule has 1 fully saturated rings. The number of unbranched alkanes of at least 4 members (excludes halogenated alkanes) is 2. The fraction of sp³-hybridized carbons (Fsp3) is 0.447. The number of benzene rings is 3. The number of Topliss-reactive ketones (excluding diaryl/α,β-unsaturated/α-hetero) is 1. The van der Waals surface area contributed by atoms with Gasteiger partial charge in [0, 0.05) is 17.7 Å². The number of allylic oxidation sites excluding steroid dienone is 2. The van der Waals surface area contributed by atoms with Crippen molar-refractivity contribution in [1.82, 2.24) is 4.90 Å². The first-order valence-corrected chi connectivity index (χ1v) is 20.5. The SMILES string of the molecule is CCCCS(=O)(=O)Oc1cccc(C2=C(C(=O)c3ccc(OCCN4CCCCC4)cc3)c3ccc(OS(=O)(=O)CCCC)cc3CC2)c1. The third kappa shape index (κ3) is 10.2. The summed E-state index contributed by atoms with van der Waals surface area (Å²) < 4.78 is 67.1. The number of carbonyl (C=O) groups excluding carboxylic acids is 1. The van der Waals surface area contributed by atoms with E-state index < -0.39 is 20.2 Å². The van der Waals surface area contributed by atoms with Gasteiger partial charge in [0.05, 0.1) is 11.5 Å². The Balaban J connectivity index is 1.45. The average molecular weight is 710 g/mol. The van der Waals surface area contributed by atoms with Crippen LogP contribution in [0.4, 0.5) is 0 Å². The van der Waals surface area contributed by atoms with Crippen LogP contribution in [0, 0.1) is 0 Å². The van der Waals surface area contributed by atoms with E-state index in [1.807, 2.05) is 19.9 Å².